The summed E-state index contributed by atoms with van der Waals surface area (Å²) < 4.78 is 42.5. The molecule has 1 aromatic carbocycles. The molecule has 144 valence electrons. The number of ether oxygens (including phenoxy) is 1. The molecule has 0 aliphatic heterocycles. The molecule has 0 aliphatic carbocycles. The van der Waals surface area contributed by atoms with Crippen LogP contribution >= 0.6 is 0 Å². The van der Waals surface area contributed by atoms with Gasteiger partial charge in [-0.05, 0) is 24.6 Å². The number of amides is 1. The van der Waals surface area contributed by atoms with E-state index in [9.17, 15) is 28.1 Å². The third-order valence-corrected chi connectivity index (χ3v) is 3.06. The number of hydrogen-bond acceptors (Lipinski definition) is 6. The van der Waals surface area contributed by atoms with Gasteiger partial charge in [0.05, 0.1) is 11.1 Å². The smallest absolute Gasteiger partial charge is 0.408 e. The first-order chi connectivity index (χ1) is 12.6. The third kappa shape index (κ3) is 6.41. The second-order valence-corrected chi connectivity index (χ2v) is 5.36. The van der Waals surface area contributed by atoms with Crippen LogP contribution in [-0.4, -0.2) is 39.6 Å². The minimum Gasteiger partial charge on any atom is -0.477 e. The van der Waals surface area contributed by atoms with Gasteiger partial charge in [-0.2, -0.15) is 23.4 Å². The van der Waals surface area contributed by atoms with Crippen molar-refractivity contribution < 1.29 is 27.6 Å². The third-order valence-electron chi connectivity index (χ3n) is 3.06. The number of nitro groups is 1. The van der Waals surface area contributed by atoms with Crippen LogP contribution in [0.15, 0.2) is 35.6 Å². The van der Waals surface area contributed by atoms with Crippen molar-refractivity contribution in [3.05, 3.63) is 51.8 Å². The lowest BCUT2D eigenvalue weighted by Gasteiger charge is -2.06. The number of nitro benzene ring substituents is 1. The fraction of sp³-hybridized carbons (Fsp3) is 0.267. The normalized spacial score (nSPS) is 11.6. The van der Waals surface area contributed by atoms with E-state index >= 15 is 0 Å². The van der Waals surface area contributed by atoms with E-state index in [1.54, 1.807) is 13.0 Å². The predicted octanol–water partition coefficient (Wildman–Crippen LogP) is 2.19. The lowest BCUT2D eigenvalue weighted by molar-refractivity contribution is -0.385. The molecule has 0 aliphatic rings. The van der Waals surface area contributed by atoms with E-state index < -0.39 is 30.2 Å². The number of hydrazone groups is 1. The predicted molar refractivity (Wildman–Crippen MR) is 87.3 cm³/mol. The standard InChI is InChI=1S/C15H14F3N5O4/c1-10-2-3-13(12(6-10)23(25)26)27-8-14(24)20-19-7-11-4-5-22(21-11)9-15(16,17)18/h2-7H,8-9H2,1H3,(H,20,24). The van der Waals surface area contributed by atoms with E-state index in [1.807, 2.05) is 0 Å². The van der Waals surface area contributed by atoms with Crippen molar-refractivity contribution in [2.45, 2.75) is 19.6 Å². The maximum Gasteiger partial charge on any atom is 0.408 e. The van der Waals surface area contributed by atoms with E-state index in [2.05, 4.69) is 15.6 Å². The lowest BCUT2D eigenvalue weighted by Crippen LogP contribution is -2.24. The summed E-state index contributed by atoms with van der Waals surface area (Å²) in [6.07, 6.45) is -2.22. The Balaban J connectivity index is 1.86. The number of nitrogens with zero attached hydrogens (tertiary/aromatic N) is 4. The van der Waals surface area contributed by atoms with Gasteiger partial charge in [-0.15, -0.1) is 0 Å². The monoisotopic (exact) mass is 385 g/mol. The molecule has 1 amide bonds. The molecule has 0 saturated heterocycles. The number of carbonyl (C=O) groups excluding carboxylic acids is 1. The van der Waals surface area contributed by atoms with Gasteiger partial charge in [0.15, 0.2) is 12.4 Å². The zero-order chi connectivity index (χ0) is 20.0. The fourth-order valence-corrected chi connectivity index (χ4v) is 1.96. The van der Waals surface area contributed by atoms with Gasteiger partial charge in [0.25, 0.3) is 5.91 Å². The fourth-order valence-electron chi connectivity index (χ4n) is 1.96. The van der Waals surface area contributed by atoms with Gasteiger partial charge in [0.1, 0.15) is 12.2 Å². The highest BCUT2D eigenvalue weighted by atomic mass is 19.4. The number of aromatic nitrogens is 2. The largest absolute Gasteiger partial charge is 0.477 e. The molecule has 1 heterocycles. The summed E-state index contributed by atoms with van der Waals surface area (Å²) in [5.74, 6) is -0.786. The van der Waals surface area contributed by atoms with Crippen molar-refractivity contribution in [3.63, 3.8) is 0 Å². The van der Waals surface area contributed by atoms with Crippen molar-refractivity contribution in [1.82, 2.24) is 15.2 Å². The Labute approximate surface area is 150 Å². The number of benzene rings is 1. The summed E-state index contributed by atoms with van der Waals surface area (Å²) in [5.41, 5.74) is 2.57. The average Bonchev–Trinajstić information content (AvgIpc) is 2.98. The Morgan fingerprint density at radius 2 is 2.19 bits per heavy atom. The SMILES string of the molecule is Cc1ccc(OCC(=O)NN=Cc2ccn(CC(F)(F)F)n2)c([N+](=O)[O-])c1. The van der Waals surface area contributed by atoms with Crippen molar-refractivity contribution in [2.75, 3.05) is 6.61 Å². The Hall–Kier alpha value is -3.44. The molecule has 27 heavy (non-hydrogen) atoms. The van der Waals surface area contributed by atoms with Crippen LogP contribution < -0.4 is 10.2 Å². The topological polar surface area (TPSA) is 112 Å². The van der Waals surface area contributed by atoms with Crippen LogP contribution in [0.3, 0.4) is 0 Å². The van der Waals surface area contributed by atoms with E-state index in [0.29, 0.717) is 10.2 Å². The molecule has 12 heteroatoms. The molecule has 2 aromatic rings. The summed E-state index contributed by atoms with van der Waals surface area (Å²) in [6, 6.07) is 5.56. The Bertz CT molecular complexity index is 863. The molecule has 0 saturated carbocycles. The van der Waals surface area contributed by atoms with Crippen molar-refractivity contribution in [2.24, 2.45) is 5.10 Å². The number of nitrogens with one attached hydrogen (secondary N) is 1. The maximum absolute atomic E-state index is 12.2. The Morgan fingerprint density at radius 1 is 1.44 bits per heavy atom. The zero-order valence-corrected chi connectivity index (χ0v) is 13.9. The van der Waals surface area contributed by atoms with Crippen LogP contribution in [0.25, 0.3) is 0 Å². The van der Waals surface area contributed by atoms with Crippen LogP contribution in [0, 0.1) is 17.0 Å². The molecule has 0 spiro atoms. The average molecular weight is 385 g/mol. The number of hydrogen-bond donors (Lipinski definition) is 1. The number of carbonyl (C=O) groups is 1. The summed E-state index contributed by atoms with van der Waals surface area (Å²) in [7, 11) is 0. The maximum atomic E-state index is 12.2. The van der Waals surface area contributed by atoms with Gasteiger partial charge in [-0.3, -0.25) is 19.6 Å². The number of aryl methyl sites for hydroxylation is 1. The Kier molecular flexibility index (Phi) is 6.11. The second-order valence-electron chi connectivity index (χ2n) is 5.36. The van der Waals surface area contributed by atoms with Gasteiger partial charge in [0, 0.05) is 12.3 Å². The highest BCUT2D eigenvalue weighted by Crippen LogP contribution is 2.27. The van der Waals surface area contributed by atoms with E-state index in [1.165, 1.54) is 18.2 Å². The number of alkyl halides is 3. The minimum absolute atomic E-state index is 0.0735. The molecule has 0 radical (unpaired) electrons. The quantitative estimate of drug-likeness (QED) is 0.446. The van der Waals surface area contributed by atoms with Crippen LogP contribution in [-0.2, 0) is 11.3 Å². The first-order valence-electron chi connectivity index (χ1n) is 7.44. The van der Waals surface area contributed by atoms with Gasteiger partial charge >= 0.3 is 11.9 Å². The molecular formula is C15H14F3N5O4. The van der Waals surface area contributed by atoms with Crippen LogP contribution in [0.2, 0.25) is 0 Å². The Morgan fingerprint density at radius 3 is 2.85 bits per heavy atom. The first-order valence-corrected chi connectivity index (χ1v) is 7.44. The van der Waals surface area contributed by atoms with E-state index in [4.69, 9.17) is 4.74 Å². The van der Waals surface area contributed by atoms with E-state index in [-0.39, 0.29) is 17.1 Å². The van der Waals surface area contributed by atoms with Crippen LogP contribution in [0.5, 0.6) is 5.75 Å². The highest BCUT2D eigenvalue weighted by Gasteiger charge is 2.28. The molecule has 0 unspecified atom stereocenters. The lowest BCUT2D eigenvalue weighted by atomic mass is 10.2. The molecule has 0 fully saturated rings. The molecule has 1 aromatic heterocycles. The van der Waals surface area contributed by atoms with Gasteiger partial charge in [-0.25, -0.2) is 5.43 Å². The molecule has 9 nitrogen and oxygen atoms in total. The second kappa shape index (κ2) is 8.29. The zero-order valence-electron chi connectivity index (χ0n) is 13.9. The van der Waals surface area contributed by atoms with Crippen molar-refractivity contribution in [3.8, 4) is 5.75 Å². The molecule has 0 atom stereocenters. The van der Waals surface area contributed by atoms with Crippen LogP contribution in [0.4, 0.5) is 18.9 Å². The summed E-state index contributed by atoms with van der Waals surface area (Å²) >= 11 is 0. The highest BCUT2D eigenvalue weighted by molar-refractivity contribution is 5.81. The summed E-state index contributed by atoms with van der Waals surface area (Å²) in [5, 5.41) is 18.1. The van der Waals surface area contributed by atoms with Crippen LogP contribution in [0.1, 0.15) is 11.3 Å². The minimum atomic E-state index is -4.40. The van der Waals surface area contributed by atoms with Crippen molar-refractivity contribution in [1.29, 1.82) is 0 Å². The molecule has 2 rings (SSSR count). The van der Waals surface area contributed by atoms with E-state index in [0.717, 1.165) is 12.4 Å². The van der Waals surface area contributed by atoms with Gasteiger partial charge in [-0.1, -0.05) is 6.07 Å². The molecule has 1 N–H and O–H groups in total. The van der Waals surface area contributed by atoms with Gasteiger partial charge in [0.2, 0.25) is 0 Å². The number of rotatable bonds is 7. The molecular weight excluding hydrogens is 371 g/mol. The first kappa shape index (κ1) is 19.9. The summed E-state index contributed by atoms with van der Waals surface area (Å²) in [6.45, 7) is -0.103. The van der Waals surface area contributed by atoms with Crippen molar-refractivity contribution >= 4 is 17.8 Å². The number of halogens is 3. The summed E-state index contributed by atoms with van der Waals surface area (Å²) in [4.78, 5) is 22.0. The van der Waals surface area contributed by atoms with Gasteiger partial charge < -0.3 is 4.74 Å². The molecule has 0 bridgehead atoms.